The fourth-order valence-corrected chi connectivity index (χ4v) is 9.84. The van der Waals surface area contributed by atoms with Crippen molar-refractivity contribution < 1.29 is 32.4 Å². The number of ketones is 2. The topological polar surface area (TPSA) is 123 Å². The SMILES string of the molecule is C[C@@H]1C(=O)C(C#N)=C[C@]2(C)C3=CC(=O)[C@@H]4[C@@H]5CC(C)(C)CC[C@]5(C(=O)ON=C(N)C(F)(F)F)CC[C@@]4(C)[C@]3(C)CC[C@@H]12. The molecule has 0 bridgehead atoms. The fraction of sp³-hybridized carbons (Fsp3) is 0.719. The molecule has 0 aromatic rings. The highest BCUT2D eigenvalue weighted by molar-refractivity contribution is 6.02. The van der Waals surface area contributed by atoms with Gasteiger partial charge in [-0.2, -0.15) is 18.4 Å². The van der Waals surface area contributed by atoms with E-state index in [0.717, 1.165) is 18.4 Å². The Hall–Kier alpha value is -2.96. The van der Waals surface area contributed by atoms with E-state index in [1.807, 2.05) is 13.8 Å². The normalized spacial score (nSPS) is 43.0. The maximum Gasteiger partial charge on any atom is 0.452 e. The van der Waals surface area contributed by atoms with E-state index >= 15 is 0 Å². The third-order valence-electron chi connectivity index (χ3n) is 12.4. The van der Waals surface area contributed by atoms with Crippen molar-refractivity contribution in [3.8, 4) is 6.07 Å². The highest BCUT2D eigenvalue weighted by Crippen LogP contribution is 2.73. The predicted molar refractivity (Wildman–Crippen MR) is 148 cm³/mol. The zero-order valence-corrected chi connectivity index (χ0v) is 25.2. The van der Waals surface area contributed by atoms with Gasteiger partial charge in [-0.25, -0.2) is 4.79 Å². The van der Waals surface area contributed by atoms with Crippen molar-refractivity contribution >= 4 is 23.4 Å². The van der Waals surface area contributed by atoms with E-state index in [4.69, 9.17) is 10.6 Å². The second kappa shape index (κ2) is 9.27. The molecule has 0 heterocycles. The molecule has 0 amide bonds. The Morgan fingerprint density at radius 1 is 1.07 bits per heavy atom. The number of nitrogens with zero attached hydrogens (tertiary/aromatic N) is 2. The van der Waals surface area contributed by atoms with Crippen molar-refractivity contribution in [1.29, 1.82) is 5.26 Å². The number of nitrogens with two attached hydrogens (primary N) is 1. The summed E-state index contributed by atoms with van der Waals surface area (Å²) in [6, 6.07) is 2.08. The van der Waals surface area contributed by atoms with Crippen LogP contribution in [0.2, 0.25) is 0 Å². The number of alkyl halides is 3. The number of nitriles is 1. The van der Waals surface area contributed by atoms with E-state index in [9.17, 15) is 32.8 Å². The standard InChI is InChI=1S/C32H40F3N3O4/c1-17-19-7-8-29(5)22(28(19,4)14-18(16-36)24(17)40)13-21(39)23-20-15-27(2,3)9-11-31(20,12-10-30(23,29)6)26(41)42-38-25(37)32(33,34)35/h13-14,17,19-20,23H,7-12,15H2,1-6H3,(H2,37,38)/t17-,19-,20-,23-,28-,29+,30+,31-/m0/s1. The van der Waals surface area contributed by atoms with Gasteiger partial charge >= 0.3 is 12.1 Å². The molecule has 0 radical (unpaired) electrons. The summed E-state index contributed by atoms with van der Waals surface area (Å²) in [5.74, 6) is -4.27. The third-order valence-corrected chi connectivity index (χ3v) is 12.4. The molecular weight excluding hydrogens is 547 g/mol. The van der Waals surface area contributed by atoms with Crippen molar-refractivity contribution in [2.45, 2.75) is 92.7 Å². The minimum Gasteiger partial charge on any atom is -0.377 e. The molecule has 8 atom stereocenters. The second-order valence-corrected chi connectivity index (χ2v) is 14.9. The van der Waals surface area contributed by atoms with Gasteiger partial charge in [0.2, 0.25) is 5.84 Å². The number of carbonyl (C=O) groups is 3. The van der Waals surface area contributed by atoms with Crippen LogP contribution in [-0.2, 0) is 19.2 Å². The van der Waals surface area contributed by atoms with Crippen LogP contribution in [0.3, 0.4) is 0 Å². The van der Waals surface area contributed by atoms with Gasteiger partial charge in [-0.1, -0.05) is 58.3 Å². The Morgan fingerprint density at radius 2 is 1.71 bits per heavy atom. The highest BCUT2D eigenvalue weighted by Gasteiger charge is 2.70. The first kappa shape index (κ1) is 30.5. The molecule has 5 aliphatic carbocycles. The van der Waals surface area contributed by atoms with E-state index in [1.54, 1.807) is 12.2 Å². The Balaban J connectivity index is 1.62. The van der Waals surface area contributed by atoms with E-state index in [1.165, 1.54) is 0 Å². The fourth-order valence-electron chi connectivity index (χ4n) is 9.84. The van der Waals surface area contributed by atoms with E-state index < -0.39 is 51.5 Å². The number of halogens is 3. The van der Waals surface area contributed by atoms with Crippen LogP contribution in [0.4, 0.5) is 13.2 Å². The van der Waals surface area contributed by atoms with Crippen LogP contribution in [0.15, 0.2) is 28.5 Å². The number of fused-ring (bicyclic) bond motifs is 7. The summed E-state index contributed by atoms with van der Waals surface area (Å²) in [6.45, 7) is 12.4. The monoisotopic (exact) mass is 587 g/mol. The van der Waals surface area contributed by atoms with Crippen molar-refractivity contribution in [1.82, 2.24) is 0 Å². The van der Waals surface area contributed by atoms with Gasteiger partial charge in [-0.15, -0.1) is 0 Å². The number of allylic oxidation sites excluding steroid dienone is 4. The molecule has 0 saturated heterocycles. The first-order valence-corrected chi connectivity index (χ1v) is 14.8. The minimum absolute atomic E-state index is 0.0439. The predicted octanol–water partition coefficient (Wildman–Crippen LogP) is 6.19. The molecule has 0 unspecified atom stereocenters. The summed E-state index contributed by atoms with van der Waals surface area (Å²) in [7, 11) is 0. The molecule has 5 rings (SSSR count). The Labute approximate surface area is 244 Å². The van der Waals surface area contributed by atoms with Gasteiger partial charge in [0.15, 0.2) is 11.6 Å². The van der Waals surface area contributed by atoms with Gasteiger partial charge in [0.25, 0.3) is 0 Å². The Kier molecular flexibility index (Phi) is 6.73. The number of hydrogen-bond acceptors (Lipinski definition) is 6. The van der Waals surface area contributed by atoms with Crippen LogP contribution in [0.5, 0.6) is 0 Å². The van der Waals surface area contributed by atoms with Gasteiger partial charge in [-0.05, 0) is 79.1 Å². The summed E-state index contributed by atoms with van der Waals surface area (Å²) in [4.78, 5) is 45.9. The van der Waals surface area contributed by atoms with Gasteiger partial charge in [-0.3, -0.25) is 9.59 Å². The molecule has 228 valence electrons. The Morgan fingerprint density at radius 3 is 2.33 bits per heavy atom. The van der Waals surface area contributed by atoms with Crippen LogP contribution < -0.4 is 5.73 Å². The molecule has 3 fully saturated rings. The summed E-state index contributed by atoms with van der Waals surface area (Å²) in [6.07, 6.45) is 2.47. The number of amidine groups is 1. The number of hydrogen-bond donors (Lipinski definition) is 1. The van der Waals surface area contributed by atoms with E-state index in [2.05, 4.69) is 38.9 Å². The van der Waals surface area contributed by atoms with E-state index in [0.29, 0.717) is 32.1 Å². The molecule has 0 aliphatic heterocycles. The maximum absolute atomic E-state index is 14.4. The van der Waals surface area contributed by atoms with Crippen molar-refractivity contribution in [3.05, 3.63) is 23.3 Å². The first-order valence-electron chi connectivity index (χ1n) is 14.8. The molecule has 3 saturated carbocycles. The van der Waals surface area contributed by atoms with E-state index in [-0.39, 0.29) is 34.4 Å². The summed E-state index contributed by atoms with van der Waals surface area (Å²) in [5.41, 5.74) is 3.05. The van der Waals surface area contributed by atoms with Crippen LogP contribution in [0.1, 0.15) is 86.5 Å². The molecular formula is C32H40F3N3O4. The lowest BCUT2D eigenvalue weighted by molar-refractivity contribution is -0.192. The van der Waals surface area contributed by atoms with Gasteiger partial charge < -0.3 is 10.6 Å². The quantitative estimate of drug-likeness (QED) is 0.178. The maximum atomic E-state index is 14.4. The highest BCUT2D eigenvalue weighted by atomic mass is 19.4. The molecule has 5 aliphatic rings. The first-order chi connectivity index (χ1) is 19.3. The largest absolute Gasteiger partial charge is 0.452 e. The van der Waals surface area contributed by atoms with Gasteiger partial charge in [0.05, 0.1) is 11.0 Å². The van der Waals surface area contributed by atoms with Crippen molar-refractivity contribution in [2.24, 2.45) is 61.6 Å². The second-order valence-electron chi connectivity index (χ2n) is 14.9. The molecule has 2 N–H and O–H groups in total. The molecule has 0 aromatic carbocycles. The van der Waals surface area contributed by atoms with Crippen LogP contribution in [-0.4, -0.2) is 29.5 Å². The number of Topliss-reactive ketones (excluding diaryl/α,β-unsaturated/α-hetero) is 1. The minimum atomic E-state index is -4.93. The number of oxime groups is 1. The van der Waals surface area contributed by atoms with Crippen LogP contribution in [0.25, 0.3) is 0 Å². The number of carbonyl (C=O) groups excluding carboxylic acids is 3. The number of rotatable bonds is 2. The summed E-state index contributed by atoms with van der Waals surface area (Å²) < 4.78 is 39.0. The zero-order valence-electron chi connectivity index (χ0n) is 25.2. The molecule has 7 nitrogen and oxygen atoms in total. The zero-order chi connectivity index (χ0) is 31.3. The lowest BCUT2D eigenvalue weighted by Gasteiger charge is -2.68. The molecule has 0 aromatic heterocycles. The van der Waals surface area contributed by atoms with Crippen molar-refractivity contribution in [3.63, 3.8) is 0 Å². The lowest BCUT2D eigenvalue weighted by Crippen LogP contribution is -2.65. The Bertz CT molecular complexity index is 1390. The molecule has 42 heavy (non-hydrogen) atoms. The van der Waals surface area contributed by atoms with Crippen LogP contribution in [0, 0.1) is 62.1 Å². The smallest absolute Gasteiger partial charge is 0.377 e. The summed E-state index contributed by atoms with van der Waals surface area (Å²) in [5, 5.41) is 12.7. The van der Waals surface area contributed by atoms with Crippen LogP contribution >= 0.6 is 0 Å². The third kappa shape index (κ3) is 4.05. The van der Waals surface area contributed by atoms with Gasteiger partial charge in [0, 0.05) is 17.3 Å². The lowest BCUT2D eigenvalue weighted by atomic mass is 9.35. The average Bonchev–Trinajstić information content (AvgIpc) is 2.89. The van der Waals surface area contributed by atoms with Gasteiger partial charge in [0.1, 0.15) is 6.07 Å². The molecule has 0 spiro atoms. The molecule has 10 heteroatoms. The summed E-state index contributed by atoms with van der Waals surface area (Å²) >= 11 is 0. The average molecular weight is 588 g/mol. The van der Waals surface area contributed by atoms with Crippen molar-refractivity contribution in [2.75, 3.05) is 0 Å².